The van der Waals surface area contributed by atoms with Gasteiger partial charge < -0.3 is 15.7 Å². The van der Waals surface area contributed by atoms with Crippen LogP contribution in [0.5, 0.6) is 0 Å². The molecule has 9 heteroatoms. The number of benzene rings is 1. The van der Waals surface area contributed by atoms with Gasteiger partial charge in [-0.05, 0) is 37.5 Å². The van der Waals surface area contributed by atoms with E-state index in [2.05, 4.69) is 10.6 Å². The summed E-state index contributed by atoms with van der Waals surface area (Å²) in [6.45, 7) is 1.14. The molecule has 1 aromatic carbocycles. The third-order valence-electron chi connectivity index (χ3n) is 3.96. The molecule has 2 rings (SSSR count). The van der Waals surface area contributed by atoms with Crippen molar-refractivity contribution in [2.75, 3.05) is 5.32 Å². The van der Waals surface area contributed by atoms with Gasteiger partial charge in [-0.3, -0.25) is 14.4 Å². The van der Waals surface area contributed by atoms with Gasteiger partial charge in [0.1, 0.15) is 0 Å². The number of alkyl halides is 3. The summed E-state index contributed by atoms with van der Waals surface area (Å²) in [6.07, 6.45) is -3.59. The van der Waals surface area contributed by atoms with Crippen LogP contribution in [-0.4, -0.2) is 28.9 Å². The number of aliphatic carboxylic acids is 1. The molecule has 1 fully saturated rings. The van der Waals surface area contributed by atoms with Gasteiger partial charge in [0.2, 0.25) is 5.91 Å². The zero-order chi connectivity index (χ0) is 18.8. The molecule has 0 aromatic heterocycles. The van der Waals surface area contributed by atoms with Gasteiger partial charge in [0.25, 0.3) is 5.91 Å². The van der Waals surface area contributed by atoms with Crippen molar-refractivity contribution in [3.8, 4) is 0 Å². The molecule has 0 radical (unpaired) electrons. The van der Waals surface area contributed by atoms with E-state index in [0.717, 1.165) is 19.1 Å². The number of carbonyl (C=O) groups excluding carboxylic acids is 2. The highest BCUT2D eigenvalue weighted by Crippen LogP contribution is 2.32. The highest BCUT2D eigenvalue weighted by Gasteiger charge is 2.33. The lowest BCUT2D eigenvalue weighted by Gasteiger charge is -2.15. The molecular formula is C16H17F3N2O4. The van der Waals surface area contributed by atoms with Crippen LogP contribution >= 0.6 is 0 Å². The Morgan fingerprint density at radius 3 is 2.36 bits per heavy atom. The second-order valence-corrected chi connectivity index (χ2v) is 6.00. The molecule has 1 aliphatic carbocycles. The molecule has 0 aliphatic heterocycles. The van der Waals surface area contributed by atoms with Gasteiger partial charge in [-0.25, -0.2) is 0 Å². The van der Waals surface area contributed by atoms with Crippen molar-refractivity contribution in [2.45, 2.75) is 38.4 Å². The normalized spacial score (nSPS) is 20.2. The molecule has 136 valence electrons. The first-order chi connectivity index (χ1) is 11.6. The molecule has 0 unspecified atom stereocenters. The molecule has 1 aliphatic rings. The van der Waals surface area contributed by atoms with Crippen molar-refractivity contribution in [1.29, 1.82) is 0 Å². The first-order valence-corrected chi connectivity index (χ1v) is 7.60. The first kappa shape index (κ1) is 18.8. The highest BCUT2D eigenvalue weighted by molar-refractivity contribution is 5.97. The van der Waals surface area contributed by atoms with Crippen LogP contribution in [0, 0.1) is 5.92 Å². The number of anilines is 1. The van der Waals surface area contributed by atoms with E-state index in [1.54, 1.807) is 0 Å². The van der Waals surface area contributed by atoms with E-state index in [9.17, 15) is 27.6 Å². The van der Waals surface area contributed by atoms with Gasteiger partial charge in [0.05, 0.1) is 11.5 Å². The largest absolute Gasteiger partial charge is 0.481 e. The summed E-state index contributed by atoms with van der Waals surface area (Å²) in [5.74, 6) is -2.83. The summed E-state index contributed by atoms with van der Waals surface area (Å²) in [5, 5.41) is 13.7. The predicted octanol–water partition coefficient (Wildman–Crippen LogP) is 2.65. The maximum Gasteiger partial charge on any atom is 0.416 e. The molecule has 0 bridgehead atoms. The fourth-order valence-corrected chi connectivity index (χ4v) is 2.80. The van der Waals surface area contributed by atoms with Crippen molar-refractivity contribution in [2.24, 2.45) is 5.92 Å². The molecule has 25 heavy (non-hydrogen) atoms. The SMILES string of the molecule is CC(=O)Nc1cc(C(=O)N[C@H]2CC[C@@H](C(=O)O)C2)cc(C(F)(F)F)c1. The number of nitrogens with one attached hydrogen (secondary N) is 2. The van der Waals surface area contributed by atoms with E-state index in [0.29, 0.717) is 18.9 Å². The molecule has 1 saturated carbocycles. The van der Waals surface area contributed by atoms with Crippen molar-refractivity contribution < 1.29 is 32.7 Å². The predicted molar refractivity (Wildman–Crippen MR) is 82.0 cm³/mol. The molecule has 6 nitrogen and oxygen atoms in total. The van der Waals surface area contributed by atoms with E-state index in [1.165, 1.54) is 0 Å². The summed E-state index contributed by atoms with van der Waals surface area (Å²) in [7, 11) is 0. The van der Waals surface area contributed by atoms with Crippen LogP contribution in [0.25, 0.3) is 0 Å². The summed E-state index contributed by atoms with van der Waals surface area (Å²) in [5.41, 5.74) is -1.45. The van der Waals surface area contributed by atoms with Crippen LogP contribution in [0.1, 0.15) is 42.1 Å². The van der Waals surface area contributed by atoms with Crippen LogP contribution in [0.4, 0.5) is 18.9 Å². The molecule has 0 saturated heterocycles. The number of carboxylic acids is 1. The van der Waals surface area contributed by atoms with Crippen molar-refractivity contribution in [3.05, 3.63) is 29.3 Å². The van der Waals surface area contributed by atoms with Gasteiger partial charge in [-0.15, -0.1) is 0 Å². The lowest BCUT2D eigenvalue weighted by atomic mass is 10.1. The Balaban J connectivity index is 2.20. The summed E-state index contributed by atoms with van der Waals surface area (Å²) in [4.78, 5) is 34.3. The smallest absolute Gasteiger partial charge is 0.416 e. The molecule has 3 N–H and O–H groups in total. The van der Waals surface area contributed by atoms with E-state index >= 15 is 0 Å². The Hall–Kier alpha value is -2.58. The number of carboxylic acid groups (broad SMARTS) is 1. The summed E-state index contributed by atoms with van der Waals surface area (Å²) in [6, 6.07) is 2.18. The fourth-order valence-electron chi connectivity index (χ4n) is 2.80. The lowest BCUT2D eigenvalue weighted by Crippen LogP contribution is -2.33. The van der Waals surface area contributed by atoms with Crippen LogP contribution in [0.3, 0.4) is 0 Å². The number of carbonyl (C=O) groups is 3. The van der Waals surface area contributed by atoms with Gasteiger partial charge in [0.15, 0.2) is 0 Å². The van der Waals surface area contributed by atoms with Crippen LogP contribution in [0.15, 0.2) is 18.2 Å². The molecule has 1 aromatic rings. The maximum atomic E-state index is 13.0. The lowest BCUT2D eigenvalue weighted by molar-refractivity contribution is -0.141. The number of amides is 2. The van der Waals surface area contributed by atoms with E-state index in [4.69, 9.17) is 5.11 Å². The Kier molecular flexibility index (Phi) is 5.34. The minimum atomic E-state index is -4.68. The minimum absolute atomic E-state index is 0.137. The Labute approximate surface area is 141 Å². The number of hydrogen-bond acceptors (Lipinski definition) is 3. The zero-order valence-electron chi connectivity index (χ0n) is 13.3. The Morgan fingerprint density at radius 2 is 1.84 bits per heavy atom. The molecular weight excluding hydrogens is 341 g/mol. The summed E-state index contributed by atoms with van der Waals surface area (Å²) < 4.78 is 39.0. The zero-order valence-corrected chi connectivity index (χ0v) is 13.3. The third-order valence-corrected chi connectivity index (χ3v) is 3.96. The van der Waals surface area contributed by atoms with Crippen molar-refractivity contribution in [3.63, 3.8) is 0 Å². The Bertz CT molecular complexity index is 703. The van der Waals surface area contributed by atoms with E-state index < -0.39 is 41.5 Å². The molecule has 2 amide bonds. The average molecular weight is 358 g/mol. The quantitative estimate of drug-likeness (QED) is 0.771. The Morgan fingerprint density at radius 1 is 1.16 bits per heavy atom. The fraction of sp³-hybridized carbons (Fsp3) is 0.438. The van der Waals surface area contributed by atoms with Crippen molar-refractivity contribution in [1.82, 2.24) is 5.32 Å². The average Bonchev–Trinajstić information content (AvgIpc) is 2.94. The second kappa shape index (κ2) is 7.12. The van der Waals surface area contributed by atoms with E-state index in [1.807, 2.05) is 0 Å². The van der Waals surface area contributed by atoms with Gasteiger partial charge in [-0.1, -0.05) is 0 Å². The number of hydrogen-bond donors (Lipinski definition) is 3. The minimum Gasteiger partial charge on any atom is -0.481 e. The molecule has 2 atom stereocenters. The monoisotopic (exact) mass is 358 g/mol. The topological polar surface area (TPSA) is 95.5 Å². The van der Waals surface area contributed by atoms with Crippen LogP contribution in [-0.2, 0) is 15.8 Å². The highest BCUT2D eigenvalue weighted by atomic mass is 19.4. The van der Waals surface area contributed by atoms with Crippen LogP contribution < -0.4 is 10.6 Å². The van der Waals surface area contributed by atoms with E-state index in [-0.39, 0.29) is 17.7 Å². The van der Waals surface area contributed by atoms with Gasteiger partial charge >= 0.3 is 12.1 Å². The van der Waals surface area contributed by atoms with Gasteiger partial charge in [-0.2, -0.15) is 13.2 Å². The molecule has 0 heterocycles. The standard InChI is InChI=1S/C16H17F3N2O4/c1-8(22)20-13-6-10(4-11(7-13)16(17,18)19)14(23)21-12-3-2-9(5-12)15(24)25/h4,6-7,9,12H,2-3,5H2,1H3,(H,20,22)(H,21,23)(H,24,25)/t9-,12+/m1/s1. The maximum absolute atomic E-state index is 13.0. The summed E-state index contributed by atoms with van der Waals surface area (Å²) >= 11 is 0. The second-order valence-electron chi connectivity index (χ2n) is 6.00. The van der Waals surface area contributed by atoms with Gasteiger partial charge in [0, 0.05) is 24.2 Å². The number of halogens is 3. The van der Waals surface area contributed by atoms with Crippen LogP contribution in [0.2, 0.25) is 0 Å². The first-order valence-electron chi connectivity index (χ1n) is 7.60. The molecule has 0 spiro atoms. The third kappa shape index (κ3) is 4.94. The number of rotatable bonds is 4. The van der Waals surface area contributed by atoms with Crippen molar-refractivity contribution >= 4 is 23.5 Å².